The van der Waals surface area contributed by atoms with Crippen LogP contribution in [0.4, 0.5) is 5.69 Å². The zero-order valence-electron chi connectivity index (χ0n) is 7.46. The van der Waals surface area contributed by atoms with Crippen LogP contribution >= 0.6 is 15.9 Å². The SMILES string of the molecule is C=C(Br)CNc1cccc(C(=O)O)c1. The third kappa shape index (κ3) is 3.22. The molecule has 0 radical (unpaired) electrons. The Labute approximate surface area is 90.6 Å². The van der Waals surface area contributed by atoms with Gasteiger partial charge in [0, 0.05) is 16.7 Å². The Hall–Kier alpha value is -1.29. The molecule has 14 heavy (non-hydrogen) atoms. The van der Waals surface area contributed by atoms with E-state index >= 15 is 0 Å². The van der Waals surface area contributed by atoms with Gasteiger partial charge in [-0.15, -0.1) is 0 Å². The number of anilines is 1. The first-order valence-corrected chi connectivity index (χ1v) is 4.79. The van der Waals surface area contributed by atoms with Gasteiger partial charge in [0.25, 0.3) is 0 Å². The molecular formula is C10H10BrNO2. The minimum Gasteiger partial charge on any atom is -0.478 e. The minimum absolute atomic E-state index is 0.273. The van der Waals surface area contributed by atoms with Gasteiger partial charge < -0.3 is 10.4 Å². The van der Waals surface area contributed by atoms with E-state index in [4.69, 9.17) is 5.11 Å². The van der Waals surface area contributed by atoms with Gasteiger partial charge in [-0.3, -0.25) is 0 Å². The van der Waals surface area contributed by atoms with Gasteiger partial charge in [0.2, 0.25) is 0 Å². The molecule has 0 saturated heterocycles. The molecule has 0 aliphatic heterocycles. The Balaban J connectivity index is 2.73. The summed E-state index contributed by atoms with van der Waals surface area (Å²) in [6, 6.07) is 6.64. The van der Waals surface area contributed by atoms with Crippen LogP contribution in [-0.4, -0.2) is 17.6 Å². The van der Waals surface area contributed by atoms with Crippen molar-refractivity contribution >= 4 is 27.6 Å². The van der Waals surface area contributed by atoms with Gasteiger partial charge in [-0.25, -0.2) is 4.79 Å². The standard InChI is InChI=1S/C10H10BrNO2/c1-7(11)6-12-9-4-2-3-8(5-9)10(13)14/h2-5,12H,1,6H2,(H,13,14). The lowest BCUT2D eigenvalue weighted by atomic mass is 10.2. The quantitative estimate of drug-likeness (QED) is 0.870. The van der Waals surface area contributed by atoms with E-state index in [9.17, 15) is 4.79 Å². The highest BCUT2D eigenvalue weighted by Gasteiger charge is 2.02. The lowest BCUT2D eigenvalue weighted by Crippen LogP contribution is -2.02. The Kier molecular flexibility index (Phi) is 3.71. The molecule has 0 aromatic heterocycles. The molecular weight excluding hydrogens is 246 g/mol. The number of hydrogen-bond acceptors (Lipinski definition) is 2. The van der Waals surface area contributed by atoms with E-state index in [1.807, 2.05) is 6.07 Å². The first kappa shape index (κ1) is 10.8. The van der Waals surface area contributed by atoms with Gasteiger partial charge in [0.15, 0.2) is 0 Å². The highest BCUT2D eigenvalue weighted by atomic mass is 79.9. The fourth-order valence-corrected chi connectivity index (χ4v) is 1.10. The predicted molar refractivity (Wildman–Crippen MR) is 60.0 cm³/mol. The van der Waals surface area contributed by atoms with Gasteiger partial charge >= 0.3 is 5.97 Å². The number of carboxylic acid groups (broad SMARTS) is 1. The highest BCUT2D eigenvalue weighted by molar-refractivity contribution is 9.11. The summed E-state index contributed by atoms with van der Waals surface area (Å²) in [6.45, 7) is 4.24. The minimum atomic E-state index is -0.925. The molecule has 0 aliphatic rings. The zero-order valence-corrected chi connectivity index (χ0v) is 9.04. The number of hydrogen-bond donors (Lipinski definition) is 2. The van der Waals surface area contributed by atoms with Crippen LogP contribution in [0.5, 0.6) is 0 Å². The number of carboxylic acids is 1. The lowest BCUT2D eigenvalue weighted by molar-refractivity contribution is 0.0697. The summed E-state index contributed by atoms with van der Waals surface area (Å²) in [4.78, 5) is 10.6. The second kappa shape index (κ2) is 4.81. The fourth-order valence-electron chi connectivity index (χ4n) is 0.960. The van der Waals surface area contributed by atoms with Crippen LogP contribution in [-0.2, 0) is 0 Å². The van der Waals surface area contributed by atoms with Gasteiger partial charge in [0.1, 0.15) is 0 Å². The molecule has 1 aromatic carbocycles. The zero-order chi connectivity index (χ0) is 10.6. The first-order valence-electron chi connectivity index (χ1n) is 4.00. The van der Waals surface area contributed by atoms with Gasteiger partial charge in [-0.1, -0.05) is 28.6 Å². The van der Waals surface area contributed by atoms with E-state index in [1.54, 1.807) is 18.2 Å². The maximum absolute atomic E-state index is 10.6. The van der Waals surface area contributed by atoms with Crippen molar-refractivity contribution in [3.8, 4) is 0 Å². The van der Waals surface area contributed by atoms with Crippen LogP contribution in [0.25, 0.3) is 0 Å². The van der Waals surface area contributed by atoms with E-state index in [0.717, 1.165) is 10.2 Å². The molecule has 0 spiro atoms. The van der Waals surface area contributed by atoms with Crippen molar-refractivity contribution in [3.63, 3.8) is 0 Å². The number of carbonyl (C=O) groups is 1. The van der Waals surface area contributed by atoms with Crippen LogP contribution in [0.3, 0.4) is 0 Å². The van der Waals surface area contributed by atoms with E-state index in [0.29, 0.717) is 6.54 Å². The van der Waals surface area contributed by atoms with Crippen LogP contribution < -0.4 is 5.32 Å². The summed E-state index contributed by atoms with van der Waals surface area (Å²) in [7, 11) is 0. The molecule has 0 heterocycles. The van der Waals surface area contributed by atoms with Crippen molar-refractivity contribution in [2.24, 2.45) is 0 Å². The molecule has 0 bridgehead atoms. The first-order chi connectivity index (χ1) is 6.59. The fraction of sp³-hybridized carbons (Fsp3) is 0.100. The number of halogens is 1. The third-order valence-electron chi connectivity index (χ3n) is 1.59. The van der Waals surface area contributed by atoms with Crippen LogP contribution in [0.2, 0.25) is 0 Å². The molecule has 0 aliphatic carbocycles. The maximum Gasteiger partial charge on any atom is 0.335 e. The summed E-state index contributed by atoms with van der Waals surface area (Å²) in [5.41, 5.74) is 1.04. The highest BCUT2D eigenvalue weighted by Crippen LogP contribution is 2.11. The summed E-state index contributed by atoms with van der Waals surface area (Å²) in [5, 5.41) is 11.8. The molecule has 2 N–H and O–H groups in total. The summed E-state index contributed by atoms with van der Waals surface area (Å²) < 4.78 is 0.818. The van der Waals surface area contributed by atoms with Gasteiger partial charge in [-0.05, 0) is 18.2 Å². The molecule has 3 nitrogen and oxygen atoms in total. The largest absolute Gasteiger partial charge is 0.478 e. The van der Waals surface area contributed by atoms with E-state index < -0.39 is 5.97 Å². The molecule has 4 heteroatoms. The Bertz CT molecular complexity index is 363. The molecule has 0 amide bonds. The predicted octanol–water partition coefficient (Wildman–Crippen LogP) is 2.71. The molecule has 74 valence electrons. The molecule has 0 fully saturated rings. The van der Waals surface area contributed by atoms with E-state index in [1.165, 1.54) is 0 Å². The number of benzene rings is 1. The smallest absolute Gasteiger partial charge is 0.335 e. The number of nitrogens with one attached hydrogen (secondary N) is 1. The molecule has 0 unspecified atom stereocenters. The average Bonchev–Trinajstić information content (AvgIpc) is 2.15. The van der Waals surface area contributed by atoms with Gasteiger partial charge in [0.05, 0.1) is 5.56 Å². The third-order valence-corrected chi connectivity index (χ3v) is 1.87. The lowest BCUT2D eigenvalue weighted by Gasteiger charge is -2.05. The topological polar surface area (TPSA) is 49.3 Å². The van der Waals surface area contributed by atoms with Crippen molar-refractivity contribution in [1.29, 1.82) is 0 Å². The molecule has 0 atom stereocenters. The van der Waals surface area contributed by atoms with Crippen molar-refractivity contribution in [3.05, 3.63) is 40.9 Å². The Morgan fingerprint density at radius 3 is 2.86 bits per heavy atom. The average molecular weight is 256 g/mol. The molecule has 1 rings (SSSR count). The van der Waals surface area contributed by atoms with Crippen molar-refractivity contribution in [2.75, 3.05) is 11.9 Å². The Morgan fingerprint density at radius 1 is 1.57 bits per heavy atom. The van der Waals surface area contributed by atoms with Gasteiger partial charge in [-0.2, -0.15) is 0 Å². The van der Waals surface area contributed by atoms with E-state index in [2.05, 4.69) is 27.8 Å². The second-order valence-corrected chi connectivity index (χ2v) is 3.88. The maximum atomic E-state index is 10.6. The van der Waals surface area contributed by atoms with Crippen LogP contribution in [0.1, 0.15) is 10.4 Å². The number of rotatable bonds is 4. The number of aromatic carboxylic acids is 1. The molecule has 1 aromatic rings. The van der Waals surface area contributed by atoms with Crippen molar-refractivity contribution in [1.82, 2.24) is 0 Å². The summed E-state index contributed by atoms with van der Waals surface area (Å²) >= 11 is 3.21. The monoisotopic (exact) mass is 255 g/mol. The van der Waals surface area contributed by atoms with Crippen LogP contribution in [0.15, 0.2) is 35.3 Å². The molecule has 0 saturated carbocycles. The second-order valence-electron chi connectivity index (χ2n) is 2.76. The Morgan fingerprint density at radius 2 is 2.29 bits per heavy atom. The summed E-state index contributed by atoms with van der Waals surface area (Å²) in [5.74, 6) is -0.925. The van der Waals surface area contributed by atoms with E-state index in [-0.39, 0.29) is 5.56 Å². The normalized spacial score (nSPS) is 9.50. The van der Waals surface area contributed by atoms with Crippen molar-refractivity contribution < 1.29 is 9.90 Å². The van der Waals surface area contributed by atoms with Crippen LogP contribution in [0, 0.1) is 0 Å². The summed E-state index contributed by atoms with van der Waals surface area (Å²) in [6.07, 6.45) is 0. The van der Waals surface area contributed by atoms with Crippen molar-refractivity contribution in [2.45, 2.75) is 0 Å².